The molecule has 1 aliphatic rings. The number of aryl methyl sites for hydroxylation is 1. The molecule has 126 valence electrons. The summed E-state index contributed by atoms with van der Waals surface area (Å²) in [5.74, 6) is -0.623. The maximum atomic E-state index is 10.6. The molecular formula is C21H30O2. The van der Waals surface area contributed by atoms with Gasteiger partial charge in [-0.1, -0.05) is 43.6 Å². The number of hydrogen-bond acceptors (Lipinski definition) is 2. The fourth-order valence-corrected chi connectivity index (χ4v) is 3.49. The van der Waals surface area contributed by atoms with E-state index in [0.29, 0.717) is 12.0 Å². The van der Waals surface area contributed by atoms with E-state index in [9.17, 15) is 10.2 Å². The van der Waals surface area contributed by atoms with Crippen molar-refractivity contribution in [3.63, 3.8) is 0 Å². The van der Waals surface area contributed by atoms with Crippen LogP contribution in [0.2, 0.25) is 0 Å². The highest BCUT2D eigenvalue weighted by molar-refractivity contribution is 5.51. The molecule has 2 heteroatoms. The third kappa shape index (κ3) is 4.19. The molecule has 1 aliphatic carbocycles. The van der Waals surface area contributed by atoms with Gasteiger partial charge in [-0.2, -0.15) is 0 Å². The summed E-state index contributed by atoms with van der Waals surface area (Å²) < 4.78 is 23.1. The number of allylic oxidation sites excluding steroid dienone is 3. The summed E-state index contributed by atoms with van der Waals surface area (Å²) in [6, 6.07) is 3.41. The molecule has 2 nitrogen and oxygen atoms in total. The molecule has 0 bridgehead atoms. The highest BCUT2D eigenvalue weighted by atomic mass is 16.3. The van der Waals surface area contributed by atoms with Gasteiger partial charge in [-0.3, -0.25) is 0 Å². The Morgan fingerprint density at radius 3 is 2.61 bits per heavy atom. The molecule has 0 unspecified atom stereocenters. The molecule has 0 saturated carbocycles. The topological polar surface area (TPSA) is 40.5 Å². The van der Waals surface area contributed by atoms with Gasteiger partial charge in [0.05, 0.1) is 0 Å². The Kier molecular flexibility index (Phi) is 4.60. The second-order valence-corrected chi connectivity index (χ2v) is 6.71. The molecule has 0 aliphatic heterocycles. The fraction of sp³-hybridized carbons (Fsp3) is 0.524. The largest absolute Gasteiger partial charge is 0.507 e. The smallest absolute Gasteiger partial charge is 0.123 e. The highest BCUT2D eigenvalue weighted by Crippen LogP contribution is 2.46. The van der Waals surface area contributed by atoms with Crippen LogP contribution >= 0.6 is 0 Å². The van der Waals surface area contributed by atoms with E-state index in [1.165, 1.54) is 0 Å². The zero-order chi connectivity index (χ0) is 19.5. The molecule has 0 radical (unpaired) electrons. The number of benzene rings is 1. The lowest BCUT2D eigenvalue weighted by Crippen LogP contribution is -2.17. The first-order valence-electron chi connectivity index (χ1n) is 10.1. The van der Waals surface area contributed by atoms with Crippen LogP contribution in [0.4, 0.5) is 0 Å². The van der Waals surface area contributed by atoms with E-state index in [1.54, 1.807) is 12.1 Å². The van der Waals surface area contributed by atoms with Gasteiger partial charge in [0.1, 0.15) is 11.5 Å². The summed E-state index contributed by atoms with van der Waals surface area (Å²) in [4.78, 5) is 0. The van der Waals surface area contributed by atoms with Gasteiger partial charge in [0.15, 0.2) is 0 Å². The van der Waals surface area contributed by atoms with Gasteiger partial charge >= 0.3 is 0 Å². The van der Waals surface area contributed by atoms with E-state index in [-0.39, 0.29) is 28.9 Å². The first kappa shape index (κ1) is 13.7. The van der Waals surface area contributed by atoms with Gasteiger partial charge in [-0.25, -0.2) is 0 Å². The Morgan fingerprint density at radius 2 is 2.00 bits per heavy atom. The van der Waals surface area contributed by atoms with Crippen LogP contribution in [-0.2, 0) is 6.42 Å². The van der Waals surface area contributed by atoms with Crippen LogP contribution in [0.3, 0.4) is 0 Å². The predicted molar refractivity (Wildman–Crippen MR) is 97.0 cm³/mol. The normalized spacial score (nSPS) is 23.6. The Hall–Kier alpha value is -1.70. The Morgan fingerprint density at radius 1 is 1.30 bits per heavy atom. The van der Waals surface area contributed by atoms with Crippen molar-refractivity contribution >= 4 is 0 Å². The lowest BCUT2D eigenvalue weighted by Gasteiger charge is -2.31. The van der Waals surface area contributed by atoms with E-state index < -0.39 is 6.85 Å². The first-order chi connectivity index (χ1) is 12.1. The molecule has 0 heterocycles. The molecular weight excluding hydrogens is 284 g/mol. The first-order valence-corrected chi connectivity index (χ1v) is 8.56. The molecule has 0 fully saturated rings. The predicted octanol–water partition coefficient (Wildman–Crippen LogP) is 5.85. The number of phenolic OH excluding ortho intramolecular Hbond substituents is 2. The summed E-state index contributed by atoms with van der Waals surface area (Å²) in [6.45, 7) is 5.71. The standard InChI is InChI=1S/C21H30O2/c1-5-6-7-8-16-12-19(22)21(20(23)13-16)18-11-15(4)9-10-17(18)14(2)3/h11-13,17-18,22-23H,2,5-10H2,1,3-4H3/t17-,18+/m0/s1/i3D3. The van der Waals surface area contributed by atoms with Crippen molar-refractivity contribution in [2.24, 2.45) is 5.92 Å². The van der Waals surface area contributed by atoms with E-state index >= 15 is 0 Å². The minimum absolute atomic E-state index is 0.0378. The fourth-order valence-electron chi connectivity index (χ4n) is 3.49. The Balaban J connectivity index is 2.39. The molecule has 2 rings (SSSR count). The van der Waals surface area contributed by atoms with Crippen molar-refractivity contribution in [2.45, 2.75) is 65.1 Å². The molecule has 0 spiro atoms. The van der Waals surface area contributed by atoms with Crippen molar-refractivity contribution in [3.8, 4) is 11.5 Å². The summed E-state index contributed by atoms with van der Waals surface area (Å²) in [6.07, 6.45) is 7.45. The zero-order valence-electron chi connectivity index (χ0n) is 17.2. The number of unbranched alkanes of at least 4 members (excludes halogenated alkanes) is 2. The van der Waals surface area contributed by atoms with Crippen molar-refractivity contribution in [1.29, 1.82) is 0 Å². The van der Waals surface area contributed by atoms with Crippen LogP contribution in [0, 0.1) is 5.92 Å². The SMILES string of the molecule is [2H]C([2H])([2H])C(=C)[C@@H]1CCC(C)=C[C@H]1c1c(O)cc(CCCCC)cc1O. The average molecular weight is 317 g/mol. The molecule has 2 N–H and O–H groups in total. The highest BCUT2D eigenvalue weighted by Gasteiger charge is 2.29. The van der Waals surface area contributed by atoms with Crippen LogP contribution in [0.1, 0.15) is 74.0 Å². The van der Waals surface area contributed by atoms with Crippen molar-refractivity contribution < 1.29 is 14.3 Å². The summed E-state index contributed by atoms with van der Waals surface area (Å²) in [5.41, 5.74) is 2.64. The van der Waals surface area contributed by atoms with Crippen molar-refractivity contribution in [3.05, 3.63) is 47.1 Å². The van der Waals surface area contributed by atoms with Crippen LogP contribution in [0.5, 0.6) is 11.5 Å². The van der Waals surface area contributed by atoms with Gasteiger partial charge in [0, 0.05) is 15.6 Å². The molecule has 1 aromatic carbocycles. The van der Waals surface area contributed by atoms with Crippen LogP contribution < -0.4 is 0 Å². The van der Waals surface area contributed by atoms with Gasteiger partial charge in [-0.15, -0.1) is 0 Å². The summed E-state index contributed by atoms with van der Waals surface area (Å²) in [7, 11) is 0. The summed E-state index contributed by atoms with van der Waals surface area (Å²) >= 11 is 0. The van der Waals surface area contributed by atoms with E-state index in [2.05, 4.69) is 13.5 Å². The van der Waals surface area contributed by atoms with Gasteiger partial charge in [-0.05, 0) is 63.1 Å². The van der Waals surface area contributed by atoms with Crippen molar-refractivity contribution in [1.82, 2.24) is 0 Å². The quantitative estimate of drug-likeness (QED) is 0.510. The Labute approximate surface area is 144 Å². The van der Waals surface area contributed by atoms with E-state index in [4.69, 9.17) is 4.11 Å². The van der Waals surface area contributed by atoms with Gasteiger partial charge in [0.2, 0.25) is 0 Å². The van der Waals surface area contributed by atoms with E-state index in [0.717, 1.165) is 43.2 Å². The number of aromatic hydroxyl groups is 2. The number of hydrogen-bond donors (Lipinski definition) is 2. The maximum Gasteiger partial charge on any atom is 0.123 e. The van der Waals surface area contributed by atoms with Crippen molar-refractivity contribution in [2.75, 3.05) is 0 Å². The second kappa shape index (κ2) is 7.72. The lowest BCUT2D eigenvalue weighted by molar-refractivity contribution is 0.406. The summed E-state index contributed by atoms with van der Waals surface area (Å²) in [5, 5.41) is 21.2. The monoisotopic (exact) mass is 317 g/mol. The third-order valence-corrected chi connectivity index (χ3v) is 4.79. The molecule has 0 aromatic heterocycles. The van der Waals surface area contributed by atoms with Crippen LogP contribution in [0.15, 0.2) is 35.9 Å². The average Bonchev–Trinajstić information content (AvgIpc) is 2.53. The Bertz CT molecular complexity index is 666. The second-order valence-electron chi connectivity index (χ2n) is 6.71. The maximum absolute atomic E-state index is 10.6. The molecule has 0 saturated heterocycles. The van der Waals surface area contributed by atoms with E-state index in [1.807, 2.05) is 13.0 Å². The van der Waals surface area contributed by atoms with Crippen LogP contribution in [0.25, 0.3) is 0 Å². The molecule has 1 aromatic rings. The van der Waals surface area contributed by atoms with Gasteiger partial charge < -0.3 is 10.2 Å². The van der Waals surface area contributed by atoms with Gasteiger partial charge in [0.25, 0.3) is 0 Å². The number of rotatable bonds is 6. The third-order valence-electron chi connectivity index (χ3n) is 4.79. The zero-order valence-corrected chi connectivity index (χ0v) is 14.2. The molecule has 23 heavy (non-hydrogen) atoms. The van der Waals surface area contributed by atoms with Crippen LogP contribution in [-0.4, -0.2) is 10.2 Å². The minimum atomic E-state index is -2.24. The minimum Gasteiger partial charge on any atom is -0.507 e. The molecule has 0 amide bonds. The lowest BCUT2D eigenvalue weighted by atomic mass is 9.73. The molecule has 2 atom stereocenters. The number of phenols is 2.